The van der Waals surface area contributed by atoms with Gasteiger partial charge in [-0.25, -0.2) is 4.68 Å². The molecule has 0 bridgehead atoms. The number of carbonyl (C=O) groups excluding carboxylic acids is 2. The number of aromatic nitrogens is 3. The molecule has 0 aliphatic carbocycles. The number of para-hydroxylation sites is 1. The Hall–Kier alpha value is -3.68. The molecule has 0 saturated carbocycles. The maximum absolute atomic E-state index is 12.9. The zero-order valence-electron chi connectivity index (χ0n) is 16.0. The summed E-state index contributed by atoms with van der Waals surface area (Å²) < 4.78 is 7.29. The summed E-state index contributed by atoms with van der Waals surface area (Å²) in [5.74, 6) is 0.125. The smallest absolute Gasteiger partial charge is 0.270 e. The number of likely N-dealkylation sites (tertiary alicyclic amines) is 1. The number of amides is 2. The van der Waals surface area contributed by atoms with Crippen molar-refractivity contribution in [3.8, 4) is 16.9 Å². The predicted molar refractivity (Wildman–Crippen MR) is 107 cm³/mol. The van der Waals surface area contributed by atoms with Gasteiger partial charge in [0, 0.05) is 24.2 Å². The van der Waals surface area contributed by atoms with Gasteiger partial charge in [0.15, 0.2) is 5.69 Å². The number of primary amides is 1. The van der Waals surface area contributed by atoms with E-state index in [9.17, 15) is 9.59 Å². The van der Waals surface area contributed by atoms with Crippen molar-refractivity contribution in [2.75, 3.05) is 19.7 Å². The fraction of sp³-hybridized carbons (Fsp3) is 0.238. The van der Waals surface area contributed by atoms with Crippen LogP contribution in [0.3, 0.4) is 0 Å². The quantitative estimate of drug-likeness (QED) is 0.693. The van der Waals surface area contributed by atoms with E-state index < -0.39 is 5.91 Å². The molecule has 1 fully saturated rings. The SMILES string of the molecule is CCOc1ccccc1-c1cccc(C(=O)N2CC(n3cc(C(N)=O)nn3)C2)c1. The lowest BCUT2D eigenvalue weighted by Crippen LogP contribution is -2.50. The maximum Gasteiger partial charge on any atom is 0.270 e. The normalized spacial score (nSPS) is 13.8. The Morgan fingerprint density at radius 1 is 1.17 bits per heavy atom. The molecule has 0 atom stereocenters. The molecular formula is C21H21N5O3. The summed E-state index contributed by atoms with van der Waals surface area (Å²) in [4.78, 5) is 25.8. The first-order valence-electron chi connectivity index (χ1n) is 9.40. The Morgan fingerprint density at radius 3 is 2.69 bits per heavy atom. The Labute approximate surface area is 167 Å². The van der Waals surface area contributed by atoms with E-state index in [1.807, 2.05) is 55.5 Å². The molecule has 2 N–H and O–H groups in total. The van der Waals surface area contributed by atoms with Crippen LogP contribution in [0.1, 0.15) is 33.8 Å². The van der Waals surface area contributed by atoms with Crippen LogP contribution in [0.2, 0.25) is 0 Å². The topological polar surface area (TPSA) is 103 Å². The Kier molecular flexibility index (Phi) is 4.99. The van der Waals surface area contributed by atoms with Crippen molar-refractivity contribution in [3.05, 3.63) is 66.0 Å². The van der Waals surface area contributed by atoms with Gasteiger partial charge in [0.25, 0.3) is 11.8 Å². The Morgan fingerprint density at radius 2 is 1.97 bits per heavy atom. The highest BCUT2D eigenvalue weighted by Crippen LogP contribution is 2.31. The zero-order valence-corrected chi connectivity index (χ0v) is 16.0. The zero-order chi connectivity index (χ0) is 20.4. The van der Waals surface area contributed by atoms with Gasteiger partial charge in [-0.3, -0.25) is 9.59 Å². The van der Waals surface area contributed by atoms with Crippen molar-refractivity contribution in [2.45, 2.75) is 13.0 Å². The van der Waals surface area contributed by atoms with Gasteiger partial charge in [-0.15, -0.1) is 5.10 Å². The van der Waals surface area contributed by atoms with E-state index >= 15 is 0 Å². The molecule has 2 amide bonds. The van der Waals surface area contributed by atoms with Crippen LogP contribution in [0.4, 0.5) is 0 Å². The molecule has 29 heavy (non-hydrogen) atoms. The summed E-state index contributed by atoms with van der Waals surface area (Å²) in [6.07, 6.45) is 1.51. The molecule has 1 aliphatic rings. The molecule has 2 aromatic carbocycles. The summed E-state index contributed by atoms with van der Waals surface area (Å²) in [6.45, 7) is 3.52. The highest BCUT2D eigenvalue weighted by Gasteiger charge is 2.33. The van der Waals surface area contributed by atoms with Crippen LogP contribution in [0.15, 0.2) is 54.7 Å². The molecule has 8 heteroatoms. The van der Waals surface area contributed by atoms with E-state index in [0.29, 0.717) is 25.3 Å². The fourth-order valence-electron chi connectivity index (χ4n) is 3.35. The molecule has 8 nitrogen and oxygen atoms in total. The van der Waals surface area contributed by atoms with E-state index in [1.54, 1.807) is 9.58 Å². The second-order valence-corrected chi connectivity index (χ2v) is 6.82. The van der Waals surface area contributed by atoms with Gasteiger partial charge in [-0.1, -0.05) is 35.5 Å². The van der Waals surface area contributed by atoms with Crippen LogP contribution in [0, 0.1) is 0 Å². The summed E-state index contributed by atoms with van der Waals surface area (Å²) in [5.41, 5.74) is 7.82. The van der Waals surface area contributed by atoms with Gasteiger partial charge in [0.05, 0.1) is 18.8 Å². The second-order valence-electron chi connectivity index (χ2n) is 6.82. The number of rotatable bonds is 6. The largest absolute Gasteiger partial charge is 0.493 e. The van der Waals surface area contributed by atoms with E-state index in [1.165, 1.54) is 6.20 Å². The highest BCUT2D eigenvalue weighted by atomic mass is 16.5. The number of hydrogen-bond acceptors (Lipinski definition) is 5. The molecule has 3 aromatic rings. The molecule has 1 aliphatic heterocycles. The first-order chi connectivity index (χ1) is 14.1. The van der Waals surface area contributed by atoms with Gasteiger partial charge in [0.1, 0.15) is 5.75 Å². The summed E-state index contributed by atoms with van der Waals surface area (Å²) in [7, 11) is 0. The van der Waals surface area contributed by atoms with Crippen LogP contribution in [-0.4, -0.2) is 51.4 Å². The van der Waals surface area contributed by atoms with Crippen molar-refractivity contribution in [2.24, 2.45) is 5.73 Å². The van der Waals surface area contributed by atoms with Crippen LogP contribution >= 0.6 is 0 Å². The number of nitrogens with two attached hydrogens (primary N) is 1. The number of carbonyl (C=O) groups is 2. The summed E-state index contributed by atoms with van der Waals surface area (Å²) in [5, 5.41) is 7.66. The minimum absolute atomic E-state index is 0.0126. The Balaban J connectivity index is 1.48. The lowest BCUT2D eigenvalue weighted by Gasteiger charge is -2.38. The molecular weight excluding hydrogens is 370 g/mol. The third-order valence-corrected chi connectivity index (χ3v) is 4.89. The first kappa shape index (κ1) is 18.7. The number of benzene rings is 2. The second kappa shape index (κ2) is 7.75. The van der Waals surface area contributed by atoms with Crippen LogP contribution in [0.5, 0.6) is 5.75 Å². The third-order valence-electron chi connectivity index (χ3n) is 4.89. The van der Waals surface area contributed by atoms with Gasteiger partial charge < -0.3 is 15.4 Å². The fourth-order valence-corrected chi connectivity index (χ4v) is 3.35. The predicted octanol–water partition coefficient (Wildman–Crippen LogP) is 2.14. The average molecular weight is 391 g/mol. The number of ether oxygens (including phenoxy) is 1. The van der Waals surface area contributed by atoms with Gasteiger partial charge in [0.2, 0.25) is 0 Å². The van der Waals surface area contributed by atoms with Crippen molar-refractivity contribution in [1.82, 2.24) is 19.9 Å². The molecule has 0 spiro atoms. The van der Waals surface area contributed by atoms with Gasteiger partial charge in [-0.05, 0) is 30.7 Å². The molecule has 1 saturated heterocycles. The van der Waals surface area contributed by atoms with E-state index in [4.69, 9.17) is 10.5 Å². The lowest BCUT2D eigenvalue weighted by atomic mass is 10.0. The van der Waals surface area contributed by atoms with Crippen LogP contribution in [0.25, 0.3) is 11.1 Å². The van der Waals surface area contributed by atoms with Crippen LogP contribution in [-0.2, 0) is 0 Å². The Bertz CT molecular complexity index is 1060. The minimum atomic E-state index is -0.618. The average Bonchev–Trinajstić information content (AvgIpc) is 3.18. The van der Waals surface area contributed by atoms with E-state index in [0.717, 1.165) is 16.9 Å². The molecule has 0 radical (unpaired) electrons. The van der Waals surface area contributed by atoms with Crippen molar-refractivity contribution in [3.63, 3.8) is 0 Å². The van der Waals surface area contributed by atoms with Crippen LogP contribution < -0.4 is 10.5 Å². The maximum atomic E-state index is 12.9. The summed E-state index contributed by atoms with van der Waals surface area (Å²) >= 11 is 0. The van der Waals surface area contributed by atoms with Crippen molar-refractivity contribution >= 4 is 11.8 Å². The highest BCUT2D eigenvalue weighted by molar-refractivity contribution is 5.96. The standard InChI is InChI=1S/C21H21N5O3/c1-2-29-19-9-4-3-8-17(19)14-6-5-7-15(10-14)21(28)25-11-16(12-25)26-13-18(20(22)27)23-24-26/h3-10,13,16H,2,11-12H2,1H3,(H2,22,27). The van der Waals surface area contributed by atoms with Crippen molar-refractivity contribution in [1.29, 1.82) is 0 Å². The molecule has 0 unspecified atom stereocenters. The van der Waals surface area contributed by atoms with E-state index in [-0.39, 0.29) is 17.6 Å². The molecule has 148 valence electrons. The first-order valence-corrected chi connectivity index (χ1v) is 9.40. The van der Waals surface area contributed by atoms with Crippen molar-refractivity contribution < 1.29 is 14.3 Å². The van der Waals surface area contributed by atoms with Gasteiger partial charge >= 0.3 is 0 Å². The van der Waals surface area contributed by atoms with Gasteiger partial charge in [-0.2, -0.15) is 0 Å². The monoisotopic (exact) mass is 391 g/mol. The number of nitrogens with zero attached hydrogens (tertiary/aromatic N) is 4. The number of hydrogen-bond donors (Lipinski definition) is 1. The van der Waals surface area contributed by atoms with E-state index in [2.05, 4.69) is 10.3 Å². The molecule has 2 heterocycles. The lowest BCUT2D eigenvalue weighted by molar-refractivity contribution is 0.0498. The third kappa shape index (κ3) is 3.69. The minimum Gasteiger partial charge on any atom is -0.493 e. The molecule has 1 aromatic heterocycles. The molecule has 4 rings (SSSR count). The summed E-state index contributed by atoms with van der Waals surface area (Å²) in [6, 6.07) is 15.3.